The van der Waals surface area contributed by atoms with E-state index in [1.165, 1.54) is 12.4 Å². The van der Waals surface area contributed by atoms with Gasteiger partial charge in [-0.05, 0) is 47.9 Å². The van der Waals surface area contributed by atoms with Crippen molar-refractivity contribution in [3.63, 3.8) is 0 Å². The van der Waals surface area contributed by atoms with Gasteiger partial charge in [0.15, 0.2) is 0 Å². The predicted molar refractivity (Wildman–Crippen MR) is 120 cm³/mol. The van der Waals surface area contributed by atoms with Crippen molar-refractivity contribution in [2.24, 2.45) is 10.8 Å². The Labute approximate surface area is 185 Å². The Hall–Kier alpha value is -2.76. The highest BCUT2D eigenvalue weighted by Gasteiger charge is 2.23. The molecule has 6 nitrogen and oxygen atoms in total. The minimum absolute atomic E-state index is 0.0767. The molecule has 0 fully saturated rings. The third kappa shape index (κ3) is 9.28. The summed E-state index contributed by atoms with van der Waals surface area (Å²) in [7, 11) is 0. The molecule has 0 saturated carbocycles. The van der Waals surface area contributed by atoms with Gasteiger partial charge in [-0.1, -0.05) is 47.0 Å². The summed E-state index contributed by atoms with van der Waals surface area (Å²) in [6.07, 6.45) is 11.5. The minimum atomic E-state index is -0.330. The number of pyridine rings is 2. The molecule has 2 aromatic heterocycles. The summed E-state index contributed by atoms with van der Waals surface area (Å²) < 4.78 is 10.9. The number of rotatable bonds is 12. The van der Waals surface area contributed by atoms with Gasteiger partial charge in [0, 0.05) is 24.8 Å². The molecule has 2 heterocycles. The molecule has 0 amide bonds. The van der Waals surface area contributed by atoms with Crippen LogP contribution >= 0.6 is 0 Å². The first-order valence-corrected chi connectivity index (χ1v) is 10.8. The van der Waals surface area contributed by atoms with E-state index >= 15 is 0 Å². The number of ether oxygens (including phenoxy) is 2. The number of carbonyl (C=O) groups is 2. The number of esters is 2. The molecular formula is C25H34N2O4. The van der Waals surface area contributed by atoms with Crippen LogP contribution in [0.3, 0.4) is 0 Å². The van der Waals surface area contributed by atoms with Crippen LogP contribution in [0.4, 0.5) is 0 Å². The second-order valence-corrected chi connectivity index (χ2v) is 9.52. The lowest BCUT2D eigenvalue weighted by molar-refractivity contribution is 0.0316. The summed E-state index contributed by atoms with van der Waals surface area (Å²) >= 11 is 0. The zero-order valence-electron chi connectivity index (χ0n) is 19.1. The number of unbranched alkanes of at least 4 members (excludes halogenated alkanes) is 2. The first kappa shape index (κ1) is 24.5. The minimum Gasteiger partial charge on any atom is -0.461 e. The number of hydrogen-bond acceptors (Lipinski definition) is 6. The summed E-state index contributed by atoms with van der Waals surface area (Å²) in [6.45, 7) is 9.24. The molecule has 0 saturated heterocycles. The fourth-order valence-corrected chi connectivity index (χ4v) is 3.18. The average Bonchev–Trinajstić information content (AvgIpc) is 2.77. The van der Waals surface area contributed by atoms with E-state index in [-0.39, 0.29) is 22.8 Å². The maximum Gasteiger partial charge on any atom is 0.339 e. The van der Waals surface area contributed by atoms with Crippen LogP contribution in [0.5, 0.6) is 0 Å². The van der Waals surface area contributed by atoms with Crippen LogP contribution in [0, 0.1) is 10.8 Å². The zero-order chi connectivity index (χ0) is 22.7. The number of hydrogen-bond donors (Lipinski definition) is 0. The Balaban J connectivity index is 1.62. The van der Waals surface area contributed by atoms with Crippen molar-refractivity contribution in [3.8, 4) is 0 Å². The van der Waals surface area contributed by atoms with Crippen LogP contribution in [0.1, 0.15) is 80.5 Å². The van der Waals surface area contributed by atoms with Crippen LogP contribution in [-0.4, -0.2) is 35.1 Å². The highest BCUT2D eigenvalue weighted by Crippen LogP contribution is 2.28. The summed E-state index contributed by atoms with van der Waals surface area (Å²) in [5, 5.41) is 0. The molecule has 6 heteroatoms. The molecular weight excluding hydrogens is 392 g/mol. The van der Waals surface area contributed by atoms with Crippen LogP contribution in [-0.2, 0) is 9.47 Å². The van der Waals surface area contributed by atoms with Crippen molar-refractivity contribution in [1.82, 2.24) is 9.97 Å². The van der Waals surface area contributed by atoms with Crippen molar-refractivity contribution < 1.29 is 19.1 Å². The number of aromatic nitrogens is 2. The predicted octanol–water partition coefficient (Wildman–Crippen LogP) is 5.49. The average molecular weight is 427 g/mol. The van der Waals surface area contributed by atoms with Gasteiger partial charge in [0.05, 0.1) is 24.3 Å². The van der Waals surface area contributed by atoms with Crippen molar-refractivity contribution >= 4 is 11.9 Å². The zero-order valence-corrected chi connectivity index (χ0v) is 19.1. The van der Waals surface area contributed by atoms with E-state index in [1.54, 1.807) is 36.7 Å². The highest BCUT2D eigenvalue weighted by molar-refractivity contribution is 5.89. The monoisotopic (exact) mass is 426 g/mol. The summed E-state index contributed by atoms with van der Waals surface area (Å²) in [4.78, 5) is 32.0. The quantitative estimate of drug-likeness (QED) is 0.330. The van der Waals surface area contributed by atoms with Gasteiger partial charge in [0.2, 0.25) is 0 Å². The molecule has 31 heavy (non-hydrogen) atoms. The Morgan fingerprint density at radius 3 is 1.52 bits per heavy atom. The molecule has 0 N–H and O–H groups in total. The van der Waals surface area contributed by atoms with Crippen molar-refractivity contribution in [2.45, 2.75) is 59.8 Å². The van der Waals surface area contributed by atoms with Gasteiger partial charge < -0.3 is 9.47 Å². The van der Waals surface area contributed by atoms with Gasteiger partial charge >= 0.3 is 11.9 Å². The summed E-state index contributed by atoms with van der Waals surface area (Å²) in [5.41, 5.74) is 0.800. The van der Waals surface area contributed by atoms with Crippen LogP contribution in [0.25, 0.3) is 0 Å². The van der Waals surface area contributed by atoms with Crippen LogP contribution in [0.15, 0.2) is 49.1 Å². The lowest BCUT2D eigenvalue weighted by Crippen LogP contribution is -2.23. The standard InChI is InChI=1S/C25H34N2O4/c1-24(2,18-30-22(28)20-10-8-14-26-16-20)12-6-5-7-13-25(3,4)19-31-23(29)21-11-9-15-27-17-21/h8-11,14-17H,5-7,12-13,18-19H2,1-4H3. The third-order valence-electron chi connectivity index (χ3n) is 5.19. The maximum absolute atomic E-state index is 12.1. The van der Waals surface area contributed by atoms with Crippen LogP contribution < -0.4 is 0 Å². The van der Waals surface area contributed by atoms with Gasteiger partial charge in [0.25, 0.3) is 0 Å². The Bertz CT molecular complexity index is 750. The molecule has 168 valence electrons. The van der Waals surface area contributed by atoms with E-state index in [4.69, 9.17) is 9.47 Å². The molecule has 0 aromatic carbocycles. The molecule has 0 aliphatic carbocycles. The SMILES string of the molecule is CC(C)(CCCCCC(C)(C)COC(=O)c1cccnc1)COC(=O)c1cccnc1. The van der Waals surface area contributed by atoms with E-state index in [0.717, 1.165) is 32.1 Å². The molecule has 0 atom stereocenters. The summed E-state index contributed by atoms with van der Waals surface area (Å²) in [6, 6.07) is 6.86. The third-order valence-corrected chi connectivity index (χ3v) is 5.19. The first-order valence-electron chi connectivity index (χ1n) is 10.8. The molecule has 0 spiro atoms. The second-order valence-electron chi connectivity index (χ2n) is 9.52. The first-order chi connectivity index (χ1) is 14.7. The smallest absolute Gasteiger partial charge is 0.339 e. The molecule has 2 aromatic rings. The van der Waals surface area contributed by atoms with Gasteiger partial charge in [-0.25, -0.2) is 9.59 Å². The summed E-state index contributed by atoms with van der Waals surface area (Å²) in [5.74, 6) is -0.660. The fraction of sp³-hybridized carbons (Fsp3) is 0.520. The van der Waals surface area contributed by atoms with Crippen molar-refractivity contribution in [3.05, 3.63) is 60.2 Å². The molecule has 0 radical (unpaired) electrons. The van der Waals surface area contributed by atoms with Crippen molar-refractivity contribution in [2.75, 3.05) is 13.2 Å². The number of nitrogens with zero attached hydrogens (tertiary/aromatic N) is 2. The van der Waals surface area contributed by atoms with E-state index < -0.39 is 0 Å². The molecule has 0 aliphatic heterocycles. The highest BCUT2D eigenvalue weighted by atomic mass is 16.5. The van der Waals surface area contributed by atoms with Gasteiger partial charge in [-0.3, -0.25) is 9.97 Å². The largest absolute Gasteiger partial charge is 0.461 e. The maximum atomic E-state index is 12.1. The van der Waals surface area contributed by atoms with Gasteiger partial charge in [-0.15, -0.1) is 0 Å². The number of carbonyl (C=O) groups excluding carboxylic acids is 2. The van der Waals surface area contributed by atoms with E-state index in [2.05, 4.69) is 37.7 Å². The molecule has 0 aliphatic rings. The molecule has 2 rings (SSSR count). The molecule has 0 bridgehead atoms. The van der Waals surface area contributed by atoms with E-state index in [1.807, 2.05) is 0 Å². The van der Waals surface area contributed by atoms with Gasteiger partial charge in [-0.2, -0.15) is 0 Å². The van der Waals surface area contributed by atoms with Crippen molar-refractivity contribution in [1.29, 1.82) is 0 Å². The van der Waals surface area contributed by atoms with Crippen LogP contribution in [0.2, 0.25) is 0 Å². The van der Waals surface area contributed by atoms with E-state index in [9.17, 15) is 9.59 Å². The fourth-order valence-electron chi connectivity index (χ4n) is 3.18. The molecule has 0 unspecified atom stereocenters. The Morgan fingerprint density at radius 1 is 0.742 bits per heavy atom. The van der Waals surface area contributed by atoms with E-state index in [0.29, 0.717) is 24.3 Å². The Kier molecular flexibility index (Phi) is 9.16. The lowest BCUT2D eigenvalue weighted by Gasteiger charge is -2.26. The Morgan fingerprint density at radius 2 is 1.16 bits per heavy atom. The topological polar surface area (TPSA) is 78.4 Å². The normalized spacial score (nSPS) is 11.7. The van der Waals surface area contributed by atoms with Gasteiger partial charge in [0.1, 0.15) is 0 Å². The lowest BCUT2D eigenvalue weighted by atomic mass is 9.85. The second kappa shape index (κ2) is 11.6.